The Hall–Kier alpha value is -1.10. The summed E-state index contributed by atoms with van der Waals surface area (Å²) in [6.07, 6.45) is 4.70. The number of amides is 1. The number of hydrogen-bond donors (Lipinski definition) is 3. The second kappa shape index (κ2) is 7.62. The first-order valence-corrected chi connectivity index (χ1v) is 7.70. The molecule has 0 spiro atoms. The van der Waals surface area contributed by atoms with E-state index in [0.29, 0.717) is 19.0 Å². The number of carbonyl (C=O) groups is 2. The molecule has 5 nitrogen and oxygen atoms in total. The molecule has 1 rings (SSSR count). The van der Waals surface area contributed by atoms with Crippen LogP contribution >= 0.6 is 0 Å². The molecule has 5 heteroatoms. The lowest BCUT2D eigenvalue weighted by atomic mass is 9.80. The zero-order valence-electron chi connectivity index (χ0n) is 12.7. The van der Waals surface area contributed by atoms with E-state index in [1.165, 1.54) is 0 Å². The van der Waals surface area contributed by atoms with Crippen molar-refractivity contribution in [3.8, 4) is 0 Å². The van der Waals surface area contributed by atoms with Gasteiger partial charge in [-0.05, 0) is 44.4 Å². The molecule has 1 aliphatic carbocycles. The van der Waals surface area contributed by atoms with Crippen molar-refractivity contribution in [1.82, 2.24) is 5.32 Å². The maximum absolute atomic E-state index is 12.3. The average Bonchev–Trinajstić information content (AvgIpc) is 2.48. The third-order valence-corrected chi connectivity index (χ3v) is 4.97. The van der Waals surface area contributed by atoms with Crippen molar-refractivity contribution in [2.24, 2.45) is 23.0 Å². The molecule has 0 saturated heterocycles. The quantitative estimate of drug-likeness (QED) is 0.664. The number of carbonyl (C=O) groups excluding carboxylic acids is 1. The number of hydrogen-bond acceptors (Lipinski definition) is 3. The normalized spacial score (nSPS) is 23.4. The van der Waals surface area contributed by atoms with E-state index in [2.05, 4.69) is 5.32 Å². The summed E-state index contributed by atoms with van der Waals surface area (Å²) in [6, 6.07) is 0. The molecule has 1 amide bonds. The summed E-state index contributed by atoms with van der Waals surface area (Å²) in [7, 11) is 0. The van der Waals surface area contributed by atoms with E-state index in [1.807, 2.05) is 13.8 Å². The molecule has 0 atom stereocenters. The topological polar surface area (TPSA) is 92.4 Å². The zero-order valence-corrected chi connectivity index (χ0v) is 12.7. The first kappa shape index (κ1) is 17.0. The Morgan fingerprint density at radius 1 is 1.20 bits per heavy atom. The van der Waals surface area contributed by atoms with Crippen LogP contribution in [0.3, 0.4) is 0 Å². The molecule has 20 heavy (non-hydrogen) atoms. The van der Waals surface area contributed by atoms with Gasteiger partial charge in [0.15, 0.2) is 0 Å². The number of nitrogens with two attached hydrogens (primary N) is 1. The van der Waals surface area contributed by atoms with Gasteiger partial charge in [0.2, 0.25) is 5.91 Å². The lowest BCUT2D eigenvalue weighted by Crippen LogP contribution is -2.46. The van der Waals surface area contributed by atoms with Gasteiger partial charge in [-0.1, -0.05) is 13.8 Å². The summed E-state index contributed by atoms with van der Waals surface area (Å²) in [5.74, 6) is -0.438. The van der Waals surface area contributed by atoms with Crippen LogP contribution in [-0.2, 0) is 9.59 Å². The summed E-state index contributed by atoms with van der Waals surface area (Å²) in [5, 5.41) is 12.0. The fourth-order valence-corrected chi connectivity index (χ4v) is 2.99. The summed E-state index contributed by atoms with van der Waals surface area (Å²) in [5.41, 5.74) is 5.32. The molecule has 116 valence electrons. The van der Waals surface area contributed by atoms with Gasteiger partial charge in [0.1, 0.15) is 0 Å². The van der Waals surface area contributed by atoms with E-state index in [1.54, 1.807) is 0 Å². The molecule has 1 fully saturated rings. The fourth-order valence-electron chi connectivity index (χ4n) is 2.99. The standard InChI is InChI=1S/C15H28N2O3/c1-3-15(4-2,10-16)14(20)17-9-11-5-7-12(8-6-11)13(18)19/h11-12H,3-10,16H2,1-2H3,(H,17,20)(H,18,19). The Kier molecular flexibility index (Phi) is 6.46. The van der Waals surface area contributed by atoms with E-state index in [-0.39, 0.29) is 11.8 Å². The minimum atomic E-state index is -0.688. The van der Waals surface area contributed by atoms with Gasteiger partial charge in [-0.3, -0.25) is 9.59 Å². The molecule has 0 aliphatic heterocycles. The lowest BCUT2D eigenvalue weighted by molar-refractivity contribution is -0.143. The van der Waals surface area contributed by atoms with Crippen LogP contribution in [0.1, 0.15) is 52.4 Å². The van der Waals surface area contributed by atoms with Crippen LogP contribution in [0.2, 0.25) is 0 Å². The molecule has 0 radical (unpaired) electrons. The molecule has 4 N–H and O–H groups in total. The number of carboxylic acids is 1. The zero-order chi connectivity index (χ0) is 15.2. The summed E-state index contributed by atoms with van der Waals surface area (Å²) in [6.45, 7) is 5.01. The smallest absolute Gasteiger partial charge is 0.306 e. The largest absolute Gasteiger partial charge is 0.481 e. The fraction of sp³-hybridized carbons (Fsp3) is 0.867. The van der Waals surface area contributed by atoms with Gasteiger partial charge in [0, 0.05) is 13.1 Å². The monoisotopic (exact) mass is 284 g/mol. The molecule has 0 heterocycles. The SMILES string of the molecule is CCC(CC)(CN)C(=O)NCC1CCC(C(=O)O)CC1. The van der Waals surface area contributed by atoms with Crippen molar-refractivity contribution in [3.05, 3.63) is 0 Å². The highest BCUT2D eigenvalue weighted by Gasteiger charge is 2.34. The molecule has 1 saturated carbocycles. The van der Waals surface area contributed by atoms with Crippen LogP contribution in [0, 0.1) is 17.3 Å². The molecule has 0 aromatic carbocycles. The summed E-state index contributed by atoms with van der Waals surface area (Å²) >= 11 is 0. The van der Waals surface area contributed by atoms with Crippen LogP contribution in [0.25, 0.3) is 0 Å². The van der Waals surface area contributed by atoms with Crippen LogP contribution in [0.15, 0.2) is 0 Å². The minimum absolute atomic E-state index is 0.0466. The first-order valence-electron chi connectivity index (χ1n) is 7.70. The van der Waals surface area contributed by atoms with Crippen molar-refractivity contribution in [1.29, 1.82) is 0 Å². The van der Waals surface area contributed by atoms with Gasteiger partial charge in [-0.15, -0.1) is 0 Å². The molecule has 0 aromatic heterocycles. The van der Waals surface area contributed by atoms with E-state index in [0.717, 1.165) is 38.5 Å². The highest BCUT2D eigenvalue weighted by Crippen LogP contribution is 2.29. The number of rotatable bonds is 7. The third kappa shape index (κ3) is 3.95. The van der Waals surface area contributed by atoms with Crippen LogP contribution in [0.4, 0.5) is 0 Å². The van der Waals surface area contributed by atoms with Gasteiger partial charge in [0.25, 0.3) is 0 Å². The third-order valence-electron chi connectivity index (χ3n) is 4.97. The Morgan fingerprint density at radius 3 is 2.15 bits per heavy atom. The predicted molar refractivity (Wildman–Crippen MR) is 78.2 cm³/mol. The maximum Gasteiger partial charge on any atom is 0.306 e. The molecule has 0 bridgehead atoms. The lowest BCUT2D eigenvalue weighted by Gasteiger charge is -2.31. The molecular formula is C15H28N2O3. The van der Waals surface area contributed by atoms with Crippen molar-refractivity contribution in [2.45, 2.75) is 52.4 Å². The molecule has 0 aromatic rings. The minimum Gasteiger partial charge on any atom is -0.481 e. The van der Waals surface area contributed by atoms with Gasteiger partial charge < -0.3 is 16.2 Å². The van der Waals surface area contributed by atoms with E-state index in [4.69, 9.17) is 10.8 Å². The summed E-state index contributed by atoms with van der Waals surface area (Å²) in [4.78, 5) is 23.2. The van der Waals surface area contributed by atoms with Crippen LogP contribution < -0.4 is 11.1 Å². The van der Waals surface area contributed by atoms with E-state index in [9.17, 15) is 9.59 Å². The van der Waals surface area contributed by atoms with Gasteiger partial charge >= 0.3 is 5.97 Å². The van der Waals surface area contributed by atoms with Crippen LogP contribution in [0.5, 0.6) is 0 Å². The maximum atomic E-state index is 12.3. The number of carboxylic acid groups (broad SMARTS) is 1. The van der Waals surface area contributed by atoms with Crippen LogP contribution in [-0.4, -0.2) is 30.1 Å². The highest BCUT2D eigenvalue weighted by molar-refractivity contribution is 5.82. The molecular weight excluding hydrogens is 256 g/mol. The second-order valence-electron chi connectivity index (χ2n) is 5.96. The Bertz CT molecular complexity index is 324. The second-order valence-corrected chi connectivity index (χ2v) is 5.96. The van der Waals surface area contributed by atoms with Gasteiger partial charge in [-0.25, -0.2) is 0 Å². The average molecular weight is 284 g/mol. The van der Waals surface area contributed by atoms with Crippen molar-refractivity contribution in [3.63, 3.8) is 0 Å². The molecule has 0 unspecified atom stereocenters. The highest BCUT2D eigenvalue weighted by atomic mass is 16.4. The van der Waals surface area contributed by atoms with E-state index < -0.39 is 11.4 Å². The first-order chi connectivity index (χ1) is 9.49. The predicted octanol–water partition coefficient (Wildman–Crippen LogP) is 1.76. The van der Waals surface area contributed by atoms with Gasteiger partial charge in [-0.2, -0.15) is 0 Å². The van der Waals surface area contributed by atoms with Gasteiger partial charge in [0.05, 0.1) is 11.3 Å². The van der Waals surface area contributed by atoms with E-state index >= 15 is 0 Å². The Balaban J connectivity index is 2.41. The van der Waals surface area contributed by atoms with Crippen molar-refractivity contribution < 1.29 is 14.7 Å². The Morgan fingerprint density at radius 2 is 1.75 bits per heavy atom. The number of nitrogens with one attached hydrogen (secondary N) is 1. The summed E-state index contributed by atoms with van der Waals surface area (Å²) < 4.78 is 0. The Labute approximate surface area is 121 Å². The number of aliphatic carboxylic acids is 1. The molecule has 1 aliphatic rings. The van der Waals surface area contributed by atoms with Crippen molar-refractivity contribution >= 4 is 11.9 Å². The van der Waals surface area contributed by atoms with Crippen molar-refractivity contribution in [2.75, 3.05) is 13.1 Å².